The number of fused-ring (bicyclic) bond motifs is 4. The number of carbonyl (C=O) groups is 1. The van der Waals surface area contributed by atoms with Crippen LogP contribution >= 0.6 is 15.9 Å². The highest BCUT2D eigenvalue weighted by Gasteiger charge is 2.45. The fourth-order valence-electron chi connectivity index (χ4n) is 4.74. The lowest BCUT2D eigenvalue weighted by Gasteiger charge is -2.22. The van der Waals surface area contributed by atoms with Crippen molar-refractivity contribution in [2.75, 3.05) is 26.4 Å². The largest absolute Gasteiger partial charge is 0.343 e. The van der Waals surface area contributed by atoms with E-state index in [2.05, 4.69) is 34.1 Å². The summed E-state index contributed by atoms with van der Waals surface area (Å²) in [5, 5.41) is 0. The zero-order valence-corrected chi connectivity index (χ0v) is 17.7. The molecule has 5 nitrogen and oxygen atoms in total. The van der Waals surface area contributed by atoms with Crippen LogP contribution in [-0.4, -0.2) is 32.7 Å². The summed E-state index contributed by atoms with van der Waals surface area (Å²) in [7, 11) is 0. The molecule has 2 fully saturated rings. The van der Waals surface area contributed by atoms with Crippen molar-refractivity contribution < 1.29 is 23.7 Å². The Labute approximate surface area is 178 Å². The Balaban J connectivity index is 0.000000125. The van der Waals surface area contributed by atoms with Crippen LogP contribution in [0.25, 0.3) is 0 Å². The lowest BCUT2D eigenvalue weighted by Crippen LogP contribution is -2.23. The van der Waals surface area contributed by atoms with Gasteiger partial charge >= 0.3 is 0 Å². The van der Waals surface area contributed by atoms with Crippen LogP contribution in [0.1, 0.15) is 45.5 Å². The minimum atomic E-state index is -0.547. The molecule has 0 aromatic heterocycles. The van der Waals surface area contributed by atoms with E-state index in [1.807, 2.05) is 18.2 Å². The zero-order chi connectivity index (χ0) is 19.9. The first-order valence-electron chi connectivity index (χ1n) is 10.1. The first kappa shape index (κ1) is 19.4. The molecule has 0 amide bonds. The van der Waals surface area contributed by atoms with Crippen LogP contribution in [-0.2, 0) is 43.4 Å². The quantitative estimate of drug-likeness (QED) is 0.598. The second kappa shape index (κ2) is 7.60. The summed E-state index contributed by atoms with van der Waals surface area (Å²) in [6, 6.07) is 12.1. The molecule has 2 aliphatic carbocycles. The van der Waals surface area contributed by atoms with Gasteiger partial charge in [0, 0.05) is 34.0 Å². The predicted octanol–water partition coefficient (Wildman–Crippen LogP) is 4.24. The first-order chi connectivity index (χ1) is 14.1. The summed E-state index contributed by atoms with van der Waals surface area (Å²) in [5.74, 6) is -0.965. The van der Waals surface area contributed by atoms with Gasteiger partial charge in [0.05, 0.1) is 26.4 Å². The van der Waals surface area contributed by atoms with Crippen molar-refractivity contribution in [3.8, 4) is 0 Å². The Morgan fingerprint density at radius 2 is 1.28 bits per heavy atom. The standard InChI is InChI=1S/C12H12O3.C11H11BrO2/c13-8-9-1-2-10-3-4-12(11(10)7-9)14-5-6-15-12;12-9-2-1-8-3-4-11(10(8)7-9)13-5-6-14-11/h1-2,7-8H,3-6H2;1-2,7H,3-6H2. The van der Waals surface area contributed by atoms with Crippen LogP contribution in [0, 0.1) is 0 Å². The van der Waals surface area contributed by atoms with Crippen molar-refractivity contribution in [1.82, 2.24) is 0 Å². The van der Waals surface area contributed by atoms with Gasteiger partial charge in [0.2, 0.25) is 0 Å². The molecule has 6 rings (SSSR count). The molecule has 2 heterocycles. The van der Waals surface area contributed by atoms with Crippen molar-refractivity contribution >= 4 is 22.2 Å². The van der Waals surface area contributed by atoms with Crippen molar-refractivity contribution in [2.45, 2.75) is 37.3 Å². The summed E-state index contributed by atoms with van der Waals surface area (Å²) >= 11 is 3.48. The summed E-state index contributed by atoms with van der Waals surface area (Å²) < 4.78 is 24.0. The van der Waals surface area contributed by atoms with Crippen LogP contribution < -0.4 is 0 Å². The topological polar surface area (TPSA) is 54.0 Å². The maximum Gasteiger partial charge on any atom is 0.195 e. The minimum Gasteiger partial charge on any atom is -0.343 e. The molecule has 152 valence electrons. The number of carbonyl (C=O) groups excluding carboxylic acids is 1. The van der Waals surface area contributed by atoms with Crippen molar-refractivity contribution in [3.05, 3.63) is 68.7 Å². The Bertz CT molecular complexity index is 929. The summed E-state index contributed by atoms with van der Waals surface area (Å²) in [4.78, 5) is 10.7. The van der Waals surface area contributed by atoms with Gasteiger partial charge in [-0.15, -0.1) is 0 Å². The van der Waals surface area contributed by atoms with Crippen LogP contribution in [0.5, 0.6) is 0 Å². The van der Waals surface area contributed by atoms with Crippen molar-refractivity contribution in [3.63, 3.8) is 0 Å². The van der Waals surface area contributed by atoms with Crippen LogP contribution in [0.4, 0.5) is 0 Å². The number of halogens is 1. The third kappa shape index (κ3) is 3.37. The summed E-state index contributed by atoms with van der Waals surface area (Å²) in [6.45, 7) is 2.72. The van der Waals surface area contributed by atoms with E-state index in [0.29, 0.717) is 32.0 Å². The lowest BCUT2D eigenvalue weighted by atomic mass is 10.0. The number of aldehydes is 1. The molecule has 0 N–H and O–H groups in total. The molecule has 0 unspecified atom stereocenters. The second-order valence-corrected chi connectivity index (χ2v) is 8.65. The molecule has 4 aliphatic rings. The van der Waals surface area contributed by atoms with Crippen LogP contribution in [0.15, 0.2) is 40.9 Å². The van der Waals surface area contributed by atoms with E-state index < -0.39 is 11.6 Å². The molecular formula is C23H23BrO5. The van der Waals surface area contributed by atoms with E-state index in [1.165, 1.54) is 16.7 Å². The van der Waals surface area contributed by atoms with E-state index >= 15 is 0 Å². The predicted molar refractivity (Wildman–Crippen MR) is 110 cm³/mol. The molecule has 2 aromatic carbocycles. The fraction of sp³-hybridized carbons (Fsp3) is 0.435. The maximum atomic E-state index is 10.7. The zero-order valence-electron chi connectivity index (χ0n) is 16.1. The first-order valence-corrected chi connectivity index (χ1v) is 10.9. The molecule has 6 heteroatoms. The summed E-state index contributed by atoms with van der Waals surface area (Å²) in [6.07, 6.45) is 4.71. The highest BCUT2D eigenvalue weighted by molar-refractivity contribution is 9.10. The van der Waals surface area contributed by atoms with Gasteiger partial charge in [-0.25, -0.2) is 0 Å². The van der Waals surface area contributed by atoms with Crippen LogP contribution in [0.3, 0.4) is 0 Å². The molecular weight excluding hydrogens is 436 g/mol. The van der Waals surface area contributed by atoms with E-state index in [-0.39, 0.29) is 0 Å². The van der Waals surface area contributed by atoms with Gasteiger partial charge in [-0.1, -0.05) is 34.1 Å². The second-order valence-electron chi connectivity index (χ2n) is 7.74. The fourth-order valence-corrected chi connectivity index (χ4v) is 5.10. The molecule has 0 bridgehead atoms. The maximum absolute atomic E-state index is 10.7. The summed E-state index contributed by atoms with van der Waals surface area (Å²) in [5.41, 5.74) is 5.54. The number of hydrogen-bond donors (Lipinski definition) is 0. The van der Waals surface area contributed by atoms with Gasteiger partial charge in [0.15, 0.2) is 11.6 Å². The van der Waals surface area contributed by atoms with Gasteiger partial charge in [-0.3, -0.25) is 4.79 Å². The number of hydrogen-bond acceptors (Lipinski definition) is 5. The average Bonchev–Trinajstić information content (AvgIpc) is 3.54. The number of rotatable bonds is 1. The number of ether oxygens (including phenoxy) is 4. The number of benzene rings is 2. The molecule has 2 aliphatic heterocycles. The van der Waals surface area contributed by atoms with Crippen LogP contribution in [0.2, 0.25) is 0 Å². The van der Waals surface area contributed by atoms with Gasteiger partial charge in [0.1, 0.15) is 6.29 Å². The van der Waals surface area contributed by atoms with E-state index in [4.69, 9.17) is 18.9 Å². The molecule has 0 radical (unpaired) electrons. The molecule has 2 saturated heterocycles. The Morgan fingerprint density at radius 1 is 0.759 bits per heavy atom. The lowest BCUT2D eigenvalue weighted by molar-refractivity contribution is -0.163. The SMILES string of the molecule is Brc1ccc2c(c1)C1(CC2)OCCO1.O=Cc1ccc2c(c1)C1(CC2)OCCO1. The third-order valence-corrected chi connectivity index (χ3v) is 6.61. The van der Waals surface area contributed by atoms with Gasteiger partial charge in [0.25, 0.3) is 0 Å². The van der Waals surface area contributed by atoms with Gasteiger partial charge in [-0.05, 0) is 42.2 Å². The van der Waals surface area contributed by atoms with Crippen molar-refractivity contribution in [2.24, 2.45) is 0 Å². The van der Waals surface area contributed by atoms with Gasteiger partial charge < -0.3 is 18.9 Å². The third-order valence-electron chi connectivity index (χ3n) is 6.12. The molecule has 2 spiro atoms. The Kier molecular flexibility index (Phi) is 5.08. The molecule has 29 heavy (non-hydrogen) atoms. The normalized spacial score (nSPS) is 22.4. The molecule has 0 saturated carbocycles. The smallest absolute Gasteiger partial charge is 0.195 e. The van der Waals surface area contributed by atoms with E-state index in [1.54, 1.807) is 0 Å². The minimum absolute atomic E-state index is 0.418. The highest BCUT2D eigenvalue weighted by Crippen LogP contribution is 2.45. The van der Waals surface area contributed by atoms with Crippen molar-refractivity contribution in [1.29, 1.82) is 0 Å². The molecule has 2 aromatic rings. The number of aryl methyl sites for hydroxylation is 2. The average molecular weight is 459 g/mol. The van der Waals surface area contributed by atoms with E-state index in [9.17, 15) is 4.79 Å². The molecule has 0 atom stereocenters. The van der Waals surface area contributed by atoms with E-state index in [0.717, 1.165) is 42.0 Å². The Morgan fingerprint density at radius 3 is 1.83 bits per heavy atom. The van der Waals surface area contributed by atoms with Gasteiger partial charge in [-0.2, -0.15) is 0 Å². The monoisotopic (exact) mass is 458 g/mol. The highest BCUT2D eigenvalue weighted by atomic mass is 79.9. The Hall–Kier alpha value is -1.57.